The maximum atomic E-state index is 10.4. The molecule has 0 aliphatic heterocycles. The predicted octanol–water partition coefficient (Wildman–Crippen LogP) is 9.96. The van der Waals surface area contributed by atoms with E-state index in [4.69, 9.17) is 17.0 Å². The van der Waals surface area contributed by atoms with Crippen LogP contribution < -0.4 is 5.32 Å². The third-order valence-corrected chi connectivity index (χ3v) is 8.16. The molecular formula is C38H53NO2S. The first-order chi connectivity index (χ1) is 20.5. The quantitative estimate of drug-likeness (QED) is 0.0714. The summed E-state index contributed by atoms with van der Waals surface area (Å²) in [5.74, 6) is 1.15. The number of nitrogens with one attached hydrogen (secondary N) is 1. The Morgan fingerprint density at radius 1 is 0.762 bits per heavy atom. The van der Waals surface area contributed by atoms with Gasteiger partial charge in [0.25, 0.3) is 0 Å². The zero-order chi connectivity index (χ0) is 30.0. The smallest absolute Gasteiger partial charge is 0.156 e. The van der Waals surface area contributed by atoms with Crippen molar-refractivity contribution in [2.75, 3.05) is 0 Å². The Morgan fingerprint density at radius 3 is 1.52 bits per heavy atom. The van der Waals surface area contributed by atoms with E-state index in [0.29, 0.717) is 4.99 Å². The molecular weight excluding hydrogens is 534 g/mol. The van der Waals surface area contributed by atoms with Crippen LogP contribution in [0.5, 0.6) is 0 Å². The van der Waals surface area contributed by atoms with Crippen LogP contribution in [0.4, 0.5) is 0 Å². The third-order valence-electron chi connectivity index (χ3n) is 8.04. The molecule has 0 radical (unpaired) electrons. The highest BCUT2D eigenvalue weighted by Crippen LogP contribution is 2.41. The molecule has 0 heterocycles. The molecule has 2 unspecified atom stereocenters. The molecule has 3 aromatic carbocycles. The van der Waals surface area contributed by atoms with Crippen molar-refractivity contribution in [2.24, 2.45) is 5.92 Å². The van der Waals surface area contributed by atoms with E-state index in [9.17, 15) is 5.11 Å². The molecule has 3 nitrogen and oxygen atoms in total. The molecule has 1 fully saturated rings. The van der Waals surface area contributed by atoms with Crippen molar-refractivity contribution in [2.45, 2.75) is 116 Å². The van der Waals surface area contributed by atoms with Crippen molar-refractivity contribution < 1.29 is 9.84 Å². The molecule has 0 spiro atoms. The standard InChI is InChI=1S/C24H25NO2S.C14H28/c1-18(26)23(25-19(2)28)27-24(20-12-6-3-7-13-20,21-14-8-4-9-15-21)22-16-10-5-11-17-22;1-2-3-4-5-6-7-8-9-10-11-14-12-13-14/h3-18,23,26H,1-2H3,(H,25,28);14H,2-13H2,1H3. The number of thiocarbonyl (C=S) groups is 1. The molecule has 228 valence electrons. The molecule has 2 atom stereocenters. The summed E-state index contributed by atoms with van der Waals surface area (Å²) in [7, 11) is 0. The lowest BCUT2D eigenvalue weighted by atomic mass is 9.80. The molecule has 0 amide bonds. The van der Waals surface area contributed by atoms with E-state index in [0.717, 1.165) is 22.6 Å². The minimum atomic E-state index is -0.913. The van der Waals surface area contributed by atoms with Crippen LogP contribution in [0.25, 0.3) is 0 Å². The average Bonchev–Trinajstić information content (AvgIpc) is 3.84. The molecule has 3 aromatic rings. The minimum Gasteiger partial charge on any atom is -0.389 e. The number of benzene rings is 3. The SMILES string of the molecule is CC(=S)NC(OC(c1ccccc1)(c1ccccc1)c1ccccc1)C(C)O.CCCCCCCCCCCC1CC1. The molecule has 2 N–H and O–H groups in total. The molecule has 1 aliphatic rings. The van der Waals surface area contributed by atoms with E-state index in [2.05, 4.69) is 12.2 Å². The fourth-order valence-corrected chi connectivity index (χ4v) is 5.63. The van der Waals surface area contributed by atoms with Crippen LogP contribution in [-0.4, -0.2) is 22.4 Å². The fraction of sp³-hybridized carbons (Fsp3) is 0.500. The largest absolute Gasteiger partial charge is 0.389 e. The lowest BCUT2D eigenvalue weighted by Gasteiger charge is -2.40. The maximum absolute atomic E-state index is 10.4. The Balaban J connectivity index is 0.000000291. The van der Waals surface area contributed by atoms with Gasteiger partial charge in [0.15, 0.2) is 6.23 Å². The summed E-state index contributed by atoms with van der Waals surface area (Å²) in [5.41, 5.74) is 2.01. The number of hydrogen-bond donors (Lipinski definition) is 2. The second-order valence-corrected chi connectivity index (χ2v) is 12.4. The van der Waals surface area contributed by atoms with Gasteiger partial charge in [-0.05, 0) is 36.5 Å². The Kier molecular flexibility index (Phi) is 15.3. The topological polar surface area (TPSA) is 41.5 Å². The summed E-state index contributed by atoms with van der Waals surface area (Å²) in [4.78, 5) is 0.564. The van der Waals surface area contributed by atoms with Crippen molar-refractivity contribution in [1.29, 1.82) is 0 Å². The number of unbranched alkanes of at least 4 members (excludes halogenated alkanes) is 8. The van der Waals surface area contributed by atoms with E-state index in [1.165, 1.54) is 77.0 Å². The number of aliphatic hydroxyl groups excluding tert-OH is 1. The summed E-state index contributed by atoms with van der Waals surface area (Å²) in [6.07, 6.45) is 16.4. The summed E-state index contributed by atoms with van der Waals surface area (Å²) in [5, 5.41) is 13.5. The van der Waals surface area contributed by atoms with Gasteiger partial charge < -0.3 is 15.2 Å². The van der Waals surface area contributed by atoms with Crippen molar-refractivity contribution in [3.63, 3.8) is 0 Å². The number of rotatable bonds is 17. The van der Waals surface area contributed by atoms with Crippen LogP contribution in [0.3, 0.4) is 0 Å². The predicted molar refractivity (Wildman–Crippen MR) is 182 cm³/mol. The highest BCUT2D eigenvalue weighted by molar-refractivity contribution is 7.80. The van der Waals surface area contributed by atoms with E-state index in [1.807, 2.05) is 91.0 Å². The van der Waals surface area contributed by atoms with Crippen molar-refractivity contribution in [3.8, 4) is 0 Å². The molecule has 0 bridgehead atoms. The zero-order valence-corrected chi connectivity index (χ0v) is 27.0. The molecule has 1 saturated carbocycles. The molecule has 4 heteroatoms. The Morgan fingerprint density at radius 2 is 1.17 bits per heavy atom. The summed E-state index contributed by atoms with van der Waals surface area (Å²) < 4.78 is 6.72. The molecule has 4 rings (SSSR count). The number of ether oxygens (including phenoxy) is 1. The Bertz CT molecular complexity index is 1020. The molecule has 0 saturated heterocycles. The van der Waals surface area contributed by atoms with E-state index < -0.39 is 17.9 Å². The van der Waals surface area contributed by atoms with Gasteiger partial charge in [-0.1, -0.05) is 187 Å². The van der Waals surface area contributed by atoms with Crippen LogP contribution >= 0.6 is 12.2 Å². The summed E-state index contributed by atoms with van der Waals surface area (Å²) in [6, 6.07) is 30.2. The van der Waals surface area contributed by atoms with Gasteiger partial charge in [-0.25, -0.2) is 0 Å². The van der Waals surface area contributed by atoms with Crippen molar-refractivity contribution >= 4 is 17.2 Å². The van der Waals surface area contributed by atoms with E-state index >= 15 is 0 Å². The molecule has 1 aliphatic carbocycles. The lowest BCUT2D eigenvalue weighted by molar-refractivity contribution is -0.104. The normalized spacial score (nSPS) is 14.4. The summed E-state index contributed by atoms with van der Waals surface area (Å²) >= 11 is 5.23. The van der Waals surface area contributed by atoms with Crippen LogP contribution in [0.2, 0.25) is 0 Å². The minimum absolute atomic E-state index is 0.564. The van der Waals surface area contributed by atoms with Crippen LogP contribution in [0, 0.1) is 5.92 Å². The third kappa shape index (κ3) is 11.3. The molecule has 42 heavy (non-hydrogen) atoms. The van der Waals surface area contributed by atoms with Gasteiger partial charge in [0.2, 0.25) is 0 Å². The van der Waals surface area contributed by atoms with E-state index in [-0.39, 0.29) is 0 Å². The average molecular weight is 588 g/mol. The van der Waals surface area contributed by atoms with Crippen LogP contribution in [0.15, 0.2) is 91.0 Å². The second-order valence-electron chi connectivity index (χ2n) is 11.8. The van der Waals surface area contributed by atoms with Gasteiger partial charge in [-0.15, -0.1) is 0 Å². The van der Waals surface area contributed by atoms with Crippen molar-refractivity contribution in [3.05, 3.63) is 108 Å². The van der Waals surface area contributed by atoms with Gasteiger partial charge in [-0.3, -0.25) is 0 Å². The van der Waals surface area contributed by atoms with E-state index in [1.54, 1.807) is 13.8 Å². The number of hydrogen-bond acceptors (Lipinski definition) is 3. The first-order valence-corrected chi connectivity index (χ1v) is 16.7. The van der Waals surface area contributed by atoms with Crippen LogP contribution in [0.1, 0.15) is 115 Å². The summed E-state index contributed by atoms with van der Waals surface area (Å²) in [6.45, 7) is 5.77. The lowest BCUT2D eigenvalue weighted by Crippen LogP contribution is -2.49. The maximum Gasteiger partial charge on any atom is 0.156 e. The number of aliphatic hydroxyl groups is 1. The first-order valence-electron chi connectivity index (χ1n) is 16.3. The highest BCUT2D eigenvalue weighted by Gasteiger charge is 2.40. The van der Waals surface area contributed by atoms with Gasteiger partial charge >= 0.3 is 0 Å². The fourth-order valence-electron chi connectivity index (χ4n) is 5.51. The first kappa shape index (κ1) is 34.0. The molecule has 0 aromatic heterocycles. The van der Waals surface area contributed by atoms with Crippen LogP contribution in [-0.2, 0) is 10.3 Å². The van der Waals surface area contributed by atoms with Gasteiger partial charge in [0, 0.05) is 0 Å². The van der Waals surface area contributed by atoms with Gasteiger partial charge in [0.1, 0.15) is 5.60 Å². The Hall–Kier alpha value is -2.53. The monoisotopic (exact) mass is 587 g/mol. The van der Waals surface area contributed by atoms with Gasteiger partial charge in [0.05, 0.1) is 11.1 Å². The van der Waals surface area contributed by atoms with Crippen molar-refractivity contribution in [1.82, 2.24) is 5.32 Å². The Labute approximate surface area is 261 Å². The van der Waals surface area contributed by atoms with Gasteiger partial charge in [-0.2, -0.15) is 0 Å². The highest BCUT2D eigenvalue weighted by atomic mass is 32.1. The second kappa shape index (κ2) is 18.9. The zero-order valence-electron chi connectivity index (χ0n) is 26.1.